The zero-order valence-electron chi connectivity index (χ0n) is 9.96. The van der Waals surface area contributed by atoms with Crippen molar-refractivity contribution in [2.45, 2.75) is 52.0 Å². The lowest BCUT2D eigenvalue weighted by Gasteiger charge is -2.21. The molecule has 0 aliphatic heterocycles. The molecule has 3 unspecified atom stereocenters. The zero-order valence-corrected chi connectivity index (χ0v) is 9.96. The van der Waals surface area contributed by atoms with E-state index in [0.717, 1.165) is 19.3 Å². The molecule has 0 spiro atoms. The summed E-state index contributed by atoms with van der Waals surface area (Å²) in [5, 5.41) is 3.15. The van der Waals surface area contributed by atoms with Crippen LogP contribution in [0.4, 0.5) is 0 Å². The van der Waals surface area contributed by atoms with Gasteiger partial charge in [-0.15, -0.1) is 0 Å². The molecule has 88 valence electrons. The van der Waals surface area contributed by atoms with Gasteiger partial charge in [-0.3, -0.25) is 4.79 Å². The third kappa shape index (κ3) is 3.49. The molecule has 0 aromatic carbocycles. The van der Waals surface area contributed by atoms with Gasteiger partial charge in [0, 0.05) is 12.6 Å². The predicted octanol–water partition coefficient (Wildman–Crippen LogP) is 1.67. The van der Waals surface area contributed by atoms with Crippen LogP contribution in [0.1, 0.15) is 46.0 Å². The molecule has 15 heavy (non-hydrogen) atoms. The normalized spacial score (nSPS) is 27.7. The molecular weight excluding hydrogens is 188 g/mol. The molecule has 1 amide bonds. The van der Waals surface area contributed by atoms with E-state index in [0.29, 0.717) is 18.5 Å². The van der Waals surface area contributed by atoms with Crippen molar-refractivity contribution in [1.82, 2.24) is 5.32 Å². The quantitative estimate of drug-likeness (QED) is 0.728. The Bertz CT molecular complexity index is 206. The van der Waals surface area contributed by atoms with E-state index in [1.165, 1.54) is 12.8 Å². The minimum Gasteiger partial charge on any atom is -0.353 e. The summed E-state index contributed by atoms with van der Waals surface area (Å²) in [7, 11) is 0. The highest BCUT2D eigenvalue weighted by Crippen LogP contribution is 2.25. The Morgan fingerprint density at radius 1 is 1.53 bits per heavy atom. The van der Waals surface area contributed by atoms with Crippen LogP contribution in [-0.2, 0) is 4.79 Å². The lowest BCUT2D eigenvalue weighted by molar-refractivity contribution is -0.125. The van der Waals surface area contributed by atoms with Crippen LogP contribution in [0.15, 0.2) is 0 Å². The van der Waals surface area contributed by atoms with Gasteiger partial charge in [-0.05, 0) is 25.2 Å². The minimum atomic E-state index is 0.0165. The van der Waals surface area contributed by atoms with Gasteiger partial charge in [0.05, 0.1) is 5.92 Å². The Balaban J connectivity index is 2.38. The van der Waals surface area contributed by atoms with Gasteiger partial charge >= 0.3 is 0 Å². The third-order valence-electron chi connectivity index (χ3n) is 3.48. The summed E-state index contributed by atoms with van der Waals surface area (Å²) in [5.74, 6) is 0.815. The number of hydrogen-bond acceptors (Lipinski definition) is 2. The summed E-state index contributed by atoms with van der Waals surface area (Å²) in [6.45, 7) is 4.78. The highest BCUT2D eigenvalue weighted by Gasteiger charge is 2.26. The van der Waals surface area contributed by atoms with E-state index in [4.69, 9.17) is 5.73 Å². The number of nitrogens with one attached hydrogen (secondary N) is 1. The fourth-order valence-corrected chi connectivity index (χ4v) is 2.36. The molecular formula is C12H24N2O. The van der Waals surface area contributed by atoms with Crippen LogP contribution >= 0.6 is 0 Å². The number of rotatable bonds is 5. The molecule has 3 nitrogen and oxygen atoms in total. The largest absolute Gasteiger partial charge is 0.353 e. The topological polar surface area (TPSA) is 55.1 Å². The first-order valence-electron chi connectivity index (χ1n) is 6.19. The molecule has 1 saturated carbocycles. The molecule has 0 heterocycles. The van der Waals surface area contributed by atoms with Crippen molar-refractivity contribution < 1.29 is 4.79 Å². The summed E-state index contributed by atoms with van der Waals surface area (Å²) in [5.41, 5.74) is 5.61. The van der Waals surface area contributed by atoms with Gasteiger partial charge in [0.2, 0.25) is 5.91 Å². The van der Waals surface area contributed by atoms with Crippen molar-refractivity contribution in [3.05, 3.63) is 0 Å². The summed E-state index contributed by atoms with van der Waals surface area (Å²) >= 11 is 0. The van der Waals surface area contributed by atoms with E-state index in [1.54, 1.807) is 0 Å². The second-order valence-corrected chi connectivity index (χ2v) is 4.74. The monoisotopic (exact) mass is 212 g/mol. The maximum atomic E-state index is 11.9. The molecule has 3 atom stereocenters. The first kappa shape index (κ1) is 12.5. The van der Waals surface area contributed by atoms with E-state index in [1.807, 2.05) is 0 Å². The molecule has 1 rings (SSSR count). The minimum absolute atomic E-state index is 0.0165. The number of carbonyl (C=O) groups is 1. The maximum Gasteiger partial charge on any atom is 0.224 e. The van der Waals surface area contributed by atoms with E-state index >= 15 is 0 Å². The Kier molecular flexibility index (Phi) is 5.09. The third-order valence-corrected chi connectivity index (χ3v) is 3.48. The zero-order chi connectivity index (χ0) is 11.3. The van der Waals surface area contributed by atoms with Crippen molar-refractivity contribution in [2.24, 2.45) is 17.6 Å². The summed E-state index contributed by atoms with van der Waals surface area (Å²) < 4.78 is 0. The van der Waals surface area contributed by atoms with Gasteiger partial charge in [0.1, 0.15) is 0 Å². The Hall–Kier alpha value is -0.570. The van der Waals surface area contributed by atoms with E-state index < -0.39 is 0 Å². The lowest BCUT2D eigenvalue weighted by atomic mass is 10.0. The van der Waals surface area contributed by atoms with Crippen molar-refractivity contribution in [1.29, 1.82) is 0 Å². The first-order valence-corrected chi connectivity index (χ1v) is 6.19. The molecule has 1 aliphatic carbocycles. The Labute approximate surface area is 92.8 Å². The highest BCUT2D eigenvalue weighted by atomic mass is 16.1. The van der Waals surface area contributed by atoms with Crippen LogP contribution < -0.4 is 11.1 Å². The Morgan fingerprint density at radius 2 is 2.27 bits per heavy atom. The van der Waals surface area contributed by atoms with Crippen molar-refractivity contribution in [2.75, 3.05) is 6.54 Å². The van der Waals surface area contributed by atoms with Crippen LogP contribution in [0, 0.1) is 11.8 Å². The summed E-state index contributed by atoms with van der Waals surface area (Å²) in [4.78, 5) is 11.9. The molecule has 1 fully saturated rings. The smallest absolute Gasteiger partial charge is 0.224 e. The van der Waals surface area contributed by atoms with Gasteiger partial charge in [0.15, 0.2) is 0 Å². The Morgan fingerprint density at radius 3 is 2.73 bits per heavy atom. The van der Waals surface area contributed by atoms with Crippen LogP contribution in [0.5, 0.6) is 0 Å². The average molecular weight is 212 g/mol. The molecule has 3 N–H and O–H groups in total. The van der Waals surface area contributed by atoms with Gasteiger partial charge < -0.3 is 11.1 Å². The molecule has 0 radical (unpaired) electrons. The molecule has 0 bridgehead atoms. The van der Waals surface area contributed by atoms with Gasteiger partial charge in [-0.25, -0.2) is 0 Å². The fraction of sp³-hybridized carbons (Fsp3) is 0.917. The SMILES string of the molecule is CCCC(CN)C(=O)NC1CCCC1C. The second-order valence-electron chi connectivity index (χ2n) is 4.74. The molecule has 0 aromatic rings. The second kappa shape index (κ2) is 6.11. The van der Waals surface area contributed by atoms with Crippen molar-refractivity contribution in [3.63, 3.8) is 0 Å². The predicted molar refractivity (Wildman–Crippen MR) is 62.4 cm³/mol. The van der Waals surface area contributed by atoms with Gasteiger partial charge in [-0.2, -0.15) is 0 Å². The number of nitrogens with two attached hydrogens (primary N) is 1. The molecule has 1 aliphatic rings. The van der Waals surface area contributed by atoms with E-state index in [9.17, 15) is 4.79 Å². The standard InChI is InChI=1S/C12H24N2O/c1-3-5-10(8-13)12(15)14-11-7-4-6-9(11)2/h9-11H,3-8,13H2,1-2H3,(H,14,15). The van der Waals surface area contributed by atoms with Crippen LogP contribution in [0.2, 0.25) is 0 Å². The summed E-state index contributed by atoms with van der Waals surface area (Å²) in [6.07, 6.45) is 5.55. The van der Waals surface area contributed by atoms with E-state index in [2.05, 4.69) is 19.2 Å². The highest BCUT2D eigenvalue weighted by molar-refractivity contribution is 5.79. The number of amides is 1. The first-order chi connectivity index (χ1) is 7.19. The van der Waals surface area contributed by atoms with Crippen LogP contribution in [-0.4, -0.2) is 18.5 Å². The van der Waals surface area contributed by atoms with Crippen LogP contribution in [0.25, 0.3) is 0 Å². The maximum absolute atomic E-state index is 11.9. The molecule has 0 aromatic heterocycles. The van der Waals surface area contributed by atoms with Gasteiger partial charge in [0.25, 0.3) is 0 Å². The van der Waals surface area contributed by atoms with Crippen molar-refractivity contribution >= 4 is 5.91 Å². The van der Waals surface area contributed by atoms with Gasteiger partial charge in [-0.1, -0.05) is 26.7 Å². The lowest BCUT2D eigenvalue weighted by Crippen LogP contribution is -2.42. The van der Waals surface area contributed by atoms with E-state index in [-0.39, 0.29) is 11.8 Å². The number of carbonyl (C=O) groups excluding carboxylic acids is 1. The summed E-state index contributed by atoms with van der Waals surface area (Å²) in [6, 6.07) is 0.392. The van der Waals surface area contributed by atoms with Crippen LogP contribution in [0.3, 0.4) is 0 Å². The fourth-order valence-electron chi connectivity index (χ4n) is 2.36. The molecule has 0 saturated heterocycles. The van der Waals surface area contributed by atoms with Crippen molar-refractivity contribution in [3.8, 4) is 0 Å². The number of hydrogen-bond donors (Lipinski definition) is 2. The molecule has 3 heteroatoms. The average Bonchev–Trinajstić information content (AvgIpc) is 2.60.